The molecule has 2 aromatic heterocycles. The molecule has 0 unspecified atom stereocenters. The van der Waals surface area contributed by atoms with Crippen molar-refractivity contribution >= 4 is 26.9 Å². The highest BCUT2D eigenvalue weighted by Gasteiger charge is 2.36. The van der Waals surface area contributed by atoms with E-state index >= 15 is 0 Å². The van der Waals surface area contributed by atoms with Gasteiger partial charge < -0.3 is 9.47 Å². The third-order valence-corrected chi connectivity index (χ3v) is 7.23. The summed E-state index contributed by atoms with van der Waals surface area (Å²) in [6, 6.07) is -0.498. The van der Waals surface area contributed by atoms with Crippen LogP contribution in [0.4, 0.5) is 0 Å². The van der Waals surface area contributed by atoms with E-state index in [1.807, 2.05) is 13.8 Å². The average Bonchev–Trinajstić information content (AvgIpc) is 3.21. The van der Waals surface area contributed by atoms with Crippen LogP contribution in [-0.4, -0.2) is 61.5 Å². The van der Waals surface area contributed by atoms with Gasteiger partial charge in [-0.3, -0.25) is 18.7 Å². The van der Waals surface area contributed by atoms with Gasteiger partial charge >= 0.3 is 5.69 Å². The van der Waals surface area contributed by atoms with Crippen LogP contribution >= 0.6 is 0 Å². The standard InChI is InChI=1S/C17H25N5O5S/c1-5-11(2)22(12-6-7-28(26,27)9-12)13(23)8-21-10-18-15-14(21)16(24)20(4)17(25)19(15)3/h10-12H,5-9H2,1-4H3/t11-,12+/m0/s1. The van der Waals surface area contributed by atoms with Crippen LogP contribution < -0.4 is 11.2 Å². The highest BCUT2D eigenvalue weighted by Crippen LogP contribution is 2.22. The molecule has 1 fully saturated rings. The topological polar surface area (TPSA) is 116 Å². The largest absolute Gasteiger partial charge is 0.334 e. The van der Waals surface area contributed by atoms with E-state index in [0.717, 1.165) is 4.57 Å². The molecule has 28 heavy (non-hydrogen) atoms. The van der Waals surface area contributed by atoms with Gasteiger partial charge in [0.1, 0.15) is 6.54 Å². The Hall–Kier alpha value is -2.43. The maximum Gasteiger partial charge on any atom is 0.332 e. The van der Waals surface area contributed by atoms with Crippen molar-refractivity contribution in [3.05, 3.63) is 27.2 Å². The lowest BCUT2D eigenvalue weighted by Gasteiger charge is -2.33. The molecular formula is C17H25N5O5S. The van der Waals surface area contributed by atoms with Gasteiger partial charge in [-0.15, -0.1) is 0 Å². The first-order valence-corrected chi connectivity index (χ1v) is 11.0. The number of amides is 1. The Balaban J connectivity index is 1.99. The second kappa shape index (κ2) is 7.19. The van der Waals surface area contributed by atoms with Gasteiger partial charge in [-0.2, -0.15) is 0 Å². The number of carbonyl (C=O) groups excluding carboxylic acids is 1. The Morgan fingerprint density at radius 1 is 1.32 bits per heavy atom. The van der Waals surface area contributed by atoms with Gasteiger partial charge in [0.25, 0.3) is 5.56 Å². The molecule has 0 radical (unpaired) electrons. The van der Waals surface area contributed by atoms with E-state index in [9.17, 15) is 22.8 Å². The SMILES string of the molecule is CC[C@H](C)N(C(=O)Cn1cnc2c1c(=O)n(C)c(=O)n2C)[C@@H]1CCS(=O)(=O)C1. The lowest BCUT2D eigenvalue weighted by Crippen LogP contribution is -2.48. The van der Waals surface area contributed by atoms with E-state index in [2.05, 4.69) is 4.98 Å². The van der Waals surface area contributed by atoms with Crippen molar-refractivity contribution in [1.29, 1.82) is 0 Å². The molecule has 0 aromatic carbocycles. The zero-order valence-electron chi connectivity index (χ0n) is 16.5. The van der Waals surface area contributed by atoms with E-state index in [1.165, 1.54) is 29.6 Å². The molecule has 3 heterocycles. The summed E-state index contributed by atoms with van der Waals surface area (Å²) in [7, 11) is -0.254. The van der Waals surface area contributed by atoms with Crippen LogP contribution in [0.15, 0.2) is 15.9 Å². The van der Waals surface area contributed by atoms with E-state index in [1.54, 1.807) is 4.90 Å². The molecular weight excluding hydrogens is 386 g/mol. The number of hydrogen-bond donors (Lipinski definition) is 0. The van der Waals surface area contributed by atoms with Crippen LogP contribution in [0.25, 0.3) is 11.2 Å². The Labute approximate surface area is 162 Å². The van der Waals surface area contributed by atoms with Crippen molar-refractivity contribution < 1.29 is 13.2 Å². The van der Waals surface area contributed by atoms with Crippen LogP contribution in [-0.2, 0) is 35.3 Å². The van der Waals surface area contributed by atoms with Gasteiger partial charge in [0, 0.05) is 26.2 Å². The molecule has 2 aromatic rings. The molecule has 0 bridgehead atoms. The molecule has 1 aliphatic heterocycles. The van der Waals surface area contributed by atoms with Crippen LogP contribution in [0.2, 0.25) is 0 Å². The van der Waals surface area contributed by atoms with Gasteiger partial charge in [-0.1, -0.05) is 6.92 Å². The van der Waals surface area contributed by atoms with Crippen molar-refractivity contribution in [2.75, 3.05) is 11.5 Å². The van der Waals surface area contributed by atoms with Gasteiger partial charge in [-0.25, -0.2) is 18.2 Å². The second-order valence-corrected chi connectivity index (χ2v) is 9.59. The zero-order chi connectivity index (χ0) is 20.8. The first-order valence-electron chi connectivity index (χ1n) is 9.19. The fraction of sp³-hybridized carbons (Fsp3) is 0.647. The summed E-state index contributed by atoms with van der Waals surface area (Å²) in [5.41, 5.74) is -0.645. The lowest BCUT2D eigenvalue weighted by molar-refractivity contribution is -0.136. The zero-order valence-corrected chi connectivity index (χ0v) is 17.3. The Morgan fingerprint density at radius 2 is 2.00 bits per heavy atom. The number of imidazole rings is 1. The van der Waals surface area contributed by atoms with Crippen LogP contribution in [0.5, 0.6) is 0 Å². The maximum atomic E-state index is 13.1. The minimum Gasteiger partial charge on any atom is -0.334 e. The molecule has 3 rings (SSSR count). The van der Waals surface area contributed by atoms with Crippen LogP contribution in [0, 0.1) is 0 Å². The summed E-state index contributed by atoms with van der Waals surface area (Å²) in [5.74, 6) is -0.231. The first kappa shape index (κ1) is 20.3. The van der Waals surface area contributed by atoms with E-state index in [0.29, 0.717) is 12.8 Å². The molecule has 0 saturated carbocycles. The average molecular weight is 411 g/mol. The monoisotopic (exact) mass is 411 g/mol. The third-order valence-electron chi connectivity index (χ3n) is 5.48. The highest BCUT2D eigenvalue weighted by atomic mass is 32.2. The van der Waals surface area contributed by atoms with Crippen molar-refractivity contribution in [3.63, 3.8) is 0 Å². The Bertz CT molecular complexity index is 1140. The Kier molecular flexibility index (Phi) is 5.22. The lowest BCUT2D eigenvalue weighted by atomic mass is 10.1. The maximum absolute atomic E-state index is 13.1. The summed E-state index contributed by atoms with van der Waals surface area (Å²) >= 11 is 0. The number of fused-ring (bicyclic) bond motifs is 1. The number of rotatable bonds is 5. The summed E-state index contributed by atoms with van der Waals surface area (Å²) < 4.78 is 27.4. The molecule has 0 N–H and O–H groups in total. The number of hydrogen-bond acceptors (Lipinski definition) is 6. The fourth-order valence-electron chi connectivity index (χ4n) is 3.75. The quantitative estimate of drug-likeness (QED) is 0.639. The second-order valence-electron chi connectivity index (χ2n) is 7.37. The first-order chi connectivity index (χ1) is 13.1. The number of sulfone groups is 1. The summed E-state index contributed by atoms with van der Waals surface area (Å²) in [6.45, 7) is 3.68. The molecule has 1 aliphatic rings. The molecule has 10 nitrogen and oxygen atoms in total. The van der Waals surface area contributed by atoms with Crippen molar-refractivity contribution in [1.82, 2.24) is 23.6 Å². The Morgan fingerprint density at radius 3 is 2.57 bits per heavy atom. The minimum absolute atomic E-state index is 0.0377. The number of aromatic nitrogens is 4. The minimum atomic E-state index is -3.14. The van der Waals surface area contributed by atoms with Crippen molar-refractivity contribution in [2.24, 2.45) is 14.1 Å². The van der Waals surface area contributed by atoms with Crippen LogP contribution in [0.3, 0.4) is 0 Å². The third kappa shape index (κ3) is 3.38. The molecule has 11 heteroatoms. The molecule has 0 aliphatic carbocycles. The summed E-state index contributed by atoms with van der Waals surface area (Å²) in [4.78, 5) is 43.5. The molecule has 2 atom stereocenters. The van der Waals surface area contributed by atoms with Gasteiger partial charge in [0.15, 0.2) is 21.0 Å². The molecule has 154 valence electrons. The summed E-state index contributed by atoms with van der Waals surface area (Å²) in [6.07, 6.45) is 2.46. The van der Waals surface area contributed by atoms with Gasteiger partial charge in [-0.05, 0) is 19.8 Å². The molecule has 1 saturated heterocycles. The van der Waals surface area contributed by atoms with E-state index in [4.69, 9.17) is 0 Å². The smallest absolute Gasteiger partial charge is 0.332 e. The number of nitrogens with zero attached hydrogens (tertiary/aromatic N) is 5. The molecule has 1 amide bonds. The molecule has 0 spiro atoms. The van der Waals surface area contributed by atoms with Gasteiger partial charge in [0.2, 0.25) is 5.91 Å². The van der Waals surface area contributed by atoms with E-state index in [-0.39, 0.29) is 47.2 Å². The predicted octanol–water partition coefficient (Wildman–Crippen LogP) is -0.752. The summed E-state index contributed by atoms with van der Waals surface area (Å²) in [5, 5.41) is 0. The predicted molar refractivity (Wildman–Crippen MR) is 104 cm³/mol. The highest BCUT2D eigenvalue weighted by molar-refractivity contribution is 7.91. The number of aryl methyl sites for hydroxylation is 1. The fourth-order valence-corrected chi connectivity index (χ4v) is 5.46. The van der Waals surface area contributed by atoms with Crippen molar-refractivity contribution in [3.8, 4) is 0 Å². The normalized spacial score (nSPS) is 19.8. The number of carbonyl (C=O) groups is 1. The van der Waals surface area contributed by atoms with Gasteiger partial charge in [0.05, 0.1) is 17.8 Å². The van der Waals surface area contributed by atoms with Crippen molar-refractivity contribution in [2.45, 2.75) is 45.3 Å². The van der Waals surface area contributed by atoms with E-state index < -0.39 is 21.1 Å². The van der Waals surface area contributed by atoms with Crippen LogP contribution in [0.1, 0.15) is 26.7 Å².